The van der Waals surface area contributed by atoms with Gasteiger partial charge in [-0.1, -0.05) is 60.7 Å². The number of aliphatic hydroxyl groups is 1. The van der Waals surface area contributed by atoms with Crippen LogP contribution < -0.4 is 9.47 Å². The number of rotatable bonds is 9. The molecule has 0 saturated carbocycles. The maximum absolute atomic E-state index is 13.6. The number of hydrogen-bond donors (Lipinski definition) is 1. The van der Waals surface area contributed by atoms with Crippen LogP contribution in [0.1, 0.15) is 17.0 Å². The molecule has 1 saturated heterocycles. The molecule has 1 aliphatic rings. The molecule has 3 aromatic rings. The fourth-order valence-electron chi connectivity index (χ4n) is 4.28. The van der Waals surface area contributed by atoms with Crippen LogP contribution in [0.5, 0.6) is 11.5 Å². The number of β-amino-alcohol motifs (C(OH)–C–C–N with tert-alkyl or cyclic N) is 1. The molecule has 7 nitrogen and oxygen atoms in total. The lowest BCUT2D eigenvalue weighted by Crippen LogP contribution is -2.52. The molecule has 1 N–H and O–H groups in total. The molecule has 2 aromatic carbocycles. The second-order valence-corrected chi connectivity index (χ2v) is 8.37. The molecule has 1 aliphatic heterocycles. The van der Waals surface area contributed by atoms with Gasteiger partial charge in [0, 0.05) is 45.0 Å². The molecular formula is C27H31N3O4. The first-order chi connectivity index (χ1) is 16.7. The normalized spacial score (nSPS) is 15.2. The fourth-order valence-corrected chi connectivity index (χ4v) is 4.28. The van der Waals surface area contributed by atoms with Crippen molar-refractivity contribution in [3.8, 4) is 11.5 Å². The van der Waals surface area contributed by atoms with E-state index in [1.165, 1.54) is 0 Å². The summed E-state index contributed by atoms with van der Waals surface area (Å²) in [5.41, 5.74) is 2.00. The molecule has 0 radical (unpaired) electrons. The van der Waals surface area contributed by atoms with E-state index >= 15 is 0 Å². The molecule has 7 heteroatoms. The molecule has 4 rings (SSSR count). The maximum atomic E-state index is 13.6. The average Bonchev–Trinajstić information content (AvgIpc) is 2.89. The van der Waals surface area contributed by atoms with E-state index in [2.05, 4.69) is 9.88 Å². The van der Waals surface area contributed by atoms with Crippen molar-refractivity contribution in [3.05, 3.63) is 90.3 Å². The van der Waals surface area contributed by atoms with Gasteiger partial charge in [-0.05, 0) is 11.1 Å². The number of hydrogen-bond acceptors (Lipinski definition) is 6. The Hall–Kier alpha value is -3.42. The van der Waals surface area contributed by atoms with Crippen molar-refractivity contribution in [1.29, 1.82) is 0 Å². The van der Waals surface area contributed by atoms with Crippen molar-refractivity contribution < 1.29 is 19.4 Å². The average molecular weight is 462 g/mol. The largest absolute Gasteiger partial charge is 0.491 e. The van der Waals surface area contributed by atoms with Crippen LogP contribution in [0.4, 0.5) is 0 Å². The summed E-state index contributed by atoms with van der Waals surface area (Å²) in [4.78, 5) is 21.7. The van der Waals surface area contributed by atoms with Crippen molar-refractivity contribution in [3.63, 3.8) is 0 Å². The van der Waals surface area contributed by atoms with E-state index in [9.17, 15) is 9.90 Å². The Balaban J connectivity index is 1.32. The Morgan fingerprint density at radius 2 is 1.56 bits per heavy atom. The molecule has 34 heavy (non-hydrogen) atoms. The van der Waals surface area contributed by atoms with Crippen LogP contribution in [-0.2, 0) is 4.79 Å². The predicted molar refractivity (Wildman–Crippen MR) is 130 cm³/mol. The van der Waals surface area contributed by atoms with Crippen molar-refractivity contribution in [1.82, 2.24) is 14.8 Å². The maximum Gasteiger partial charge on any atom is 0.234 e. The lowest BCUT2D eigenvalue weighted by atomic mass is 9.90. The first-order valence-corrected chi connectivity index (χ1v) is 11.6. The van der Waals surface area contributed by atoms with Gasteiger partial charge in [-0.25, -0.2) is 0 Å². The van der Waals surface area contributed by atoms with E-state index in [-0.39, 0.29) is 18.4 Å². The summed E-state index contributed by atoms with van der Waals surface area (Å²) in [6.07, 6.45) is 2.55. The summed E-state index contributed by atoms with van der Waals surface area (Å²) in [5, 5.41) is 10.5. The molecule has 1 fully saturated rings. The Labute approximate surface area is 200 Å². The number of aromatic nitrogens is 1. The topological polar surface area (TPSA) is 75.1 Å². The third kappa shape index (κ3) is 5.92. The minimum absolute atomic E-state index is 0.116. The van der Waals surface area contributed by atoms with E-state index < -0.39 is 6.10 Å². The van der Waals surface area contributed by atoms with Gasteiger partial charge >= 0.3 is 0 Å². The lowest BCUT2D eigenvalue weighted by Gasteiger charge is -2.37. The van der Waals surface area contributed by atoms with Crippen LogP contribution in [0.2, 0.25) is 0 Å². The number of carbonyl (C=O) groups is 1. The van der Waals surface area contributed by atoms with E-state index in [1.807, 2.05) is 65.6 Å². The Morgan fingerprint density at radius 3 is 2.15 bits per heavy atom. The zero-order valence-electron chi connectivity index (χ0n) is 19.4. The van der Waals surface area contributed by atoms with Gasteiger partial charge in [0.2, 0.25) is 5.91 Å². The number of pyridine rings is 1. The standard InChI is InChI=1S/C27H31N3O4/c1-33-25-18-28-13-12-24(25)34-20-23(31)19-29-14-16-30(17-15-29)27(32)26(21-8-4-2-5-9-21)22-10-6-3-7-11-22/h2-13,18,23,26,31H,14-17,19-20H2,1H3. The summed E-state index contributed by atoms with van der Waals surface area (Å²) in [6, 6.07) is 21.6. The highest BCUT2D eigenvalue weighted by Crippen LogP contribution is 2.27. The highest BCUT2D eigenvalue weighted by Gasteiger charge is 2.30. The second-order valence-electron chi connectivity index (χ2n) is 8.37. The third-order valence-corrected chi connectivity index (χ3v) is 6.06. The van der Waals surface area contributed by atoms with Gasteiger partial charge < -0.3 is 19.5 Å². The molecule has 1 amide bonds. The van der Waals surface area contributed by atoms with Gasteiger partial charge in [0.25, 0.3) is 0 Å². The number of nitrogens with zero attached hydrogens (tertiary/aromatic N) is 3. The first-order valence-electron chi connectivity index (χ1n) is 11.6. The Bertz CT molecular complexity index is 1000. The van der Waals surface area contributed by atoms with Gasteiger partial charge in [-0.3, -0.25) is 14.7 Å². The molecular weight excluding hydrogens is 430 g/mol. The minimum Gasteiger partial charge on any atom is -0.491 e. The number of piperazine rings is 1. The highest BCUT2D eigenvalue weighted by atomic mass is 16.5. The predicted octanol–water partition coefficient (Wildman–Crippen LogP) is 2.81. The fraction of sp³-hybridized carbons (Fsp3) is 0.333. The van der Waals surface area contributed by atoms with Crippen LogP contribution in [0.25, 0.3) is 0 Å². The zero-order chi connectivity index (χ0) is 23.8. The minimum atomic E-state index is -0.651. The summed E-state index contributed by atoms with van der Waals surface area (Å²) in [6.45, 7) is 3.30. The van der Waals surface area contributed by atoms with Crippen LogP contribution in [0, 0.1) is 0 Å². The summed E-state index contributed by atoms with van der Waals surface area (Å²) >= 11 is 0. The zero-order valence-corrected chi connectivity index (χ0v) is 19.4. The van der Waals surface area contributed by atoms with Crippen molar-refractivity contribution >= 4 is 5.91 Å². The first kappa shape index (κ1) is 23.7. The molecule has 2 heterocycles. The van der Waals surface area contributed by atoms with E-state index in [4.69, 9.17) is 9.47 Å². The number of methoxy groups -OCH3 is 1. The number of ether oxygens (including phenoxy) is 2. The summed E-state index contributed by atoms with van der Waals surface area (Å²) in [5.74, 6) is 0.891. The van der Waals surface area contributed by atoms with Crippen LogP contribution in [-0.4, -0.2) is 78.3 Å². The smallest absolute Gasteiger partial charge is 0.234 e. The van der Waals surface area contributed by atoms with Gasteiger partial charge in [0.1, 0.15) is 12.7 Å². The van der Waals surface area contributed by atoms with Crippen LogP contribution in [0.3, 0.4) is 0 Å². The molecule has 1 atom stereocenters. The van der Waals surface area contributed by atoms with Crippen molar-refractivity contribution in [2.45, 2.75) is 12.0 Å². The van der Waals surface area contributed by atoms with Gasteiger partial charge in [0.15, 0.2) is 11.5 Å². The van der Waals surface area contributed by atoms with E-state index in [0.29, 0.717) is 44.2 Å². The molecule has 0 bridgehead atoms. The van der Waals surface area contributed by atoms with Gasteiger partial charge in [-0.2, -0.15) is 0 Å². The number of amides is 1. The van der Waals surface area contributed by atoms with E-state index in [1.54, 1.807) is 25.6 Å². The molecule has 178 valence electrons. The highest BCUT2D eigenvalue weighted by molar-refractivity contribution is 5.87. The summed E-state index contributed by atoms with van der Waals surface area (Å²) in [7, 11) is 1.56. The Morgan fingerprint density at radius 1 is 0.941 bits per heavy atom. The second kappa shape index (κ2) is 11.6. The molecule has 1 aromatic heterocycles. The van der Waals surface area contributed by atoms with Crippen molar-refractivity contribution in [2.75, 3.05) is 46.4 Å². The van der Waals surface area contributed by atoms with Crippen molar-refractivity contribution in [2.24, 2.45) is 0 Å². The third-order valence-electron chi connectivity index (χ3n) is 6.06. The molecule has 0 spiro atoms. The number of benzene rings is 2. The number of carbonyl (C=O) groups excluding carboxylic acids is 1. The van der Waals surface area contributed by atoms with Crippen LogP contribution >= 0.6 is 0 Å². The van der Waals surface area contributed by atoms with Gasteiger partial charge in [0.05, 0.1) is 19.2 Å². The van der Waals surface area contributed by atoms with E-state index in [0.717, 1.165) is 11.1 Å². The summed E-state index contributed by atoms with van der Waals surface area (Å²) < 4.78 is 10.9. The monoisotopic (exact) mass is 461 g/mol. The Kier molecular flexibility index (Phi) is 8.12. The quantitative estimate of drug-likeness (QED) is 0.528. The van der Waals surface area contributed by atoms with Gasteiger partial charge in [-0.15, -0.1) is 0 Å². The lowest BCUT2D eigenvalue weighted by molar-refractivity contribution is -0.133. The molecule has 0 aliphatic carbocycles. The SMILES string of the molecule is COc1cnccc1OCC(O)CN1CCN(C(=O)C(c2ccccc2)c2ccccc2)CC1. The molecule has 1 unspecified atom stereocenters. The van der Waals surface area contributed by atoms with Crippen LogP contribution in [0.15, 0.2) is 79.1 Å². The number of aliphatic hydroxyl groups excluding tert-OH is 1.